The Morgan fingerprint density at radius 1 is 0.485 bits per heavy atom. The second-order valence-electron chi connectivity index (χ2n) is 15.3. The van der Waals surface area contributed by atoms with Crippen LogP contribution in [0.2, 0.25) is 0 Å². The molecule has 0 heterocycles. The molecule has 6 unspecified atom stereocenters. The first-order valence-electron chi connectivity index (χ1n) is 23.7. The maximum atomic E-state index is 10.9. The summed E-state index contributed by atoms with van der Waals surface area (Å²) in [4.78, 5) is 12.4. The van der Waals surface area contributed by atoms with Crippen molar-refractivity contribution in [1.82, 2.24) is 9.91 Å². The van der Waals surface area contributed by atoms with Gasteiger partial charge in [0.15, 0.2) is 5.78 Å². The smallest absolute Gasteiger partial charge is 0.150 e. The van der Waals surface area contributed by atoms with Gasteiger partial charge in [0.1, 0.15) is 12.2 Å². The quantitative estimate of drug-likeness (QED) is 0.0163. The Labute approximate surface area is 404 Å². The number of rotatable bonds is 51. The first kappa shape index (κ1) is 68.2. The van der Waals surface area contributed by atoms with Crippen molar-refractivity contribution in [3.8, 4) is 0 Å². The first-order valence-corrected chi connectivity index (χ1v) is 23.7. The molecule has 68 heavy (non-hydrogen) atoms. The molecule has 0 radical (unpaired) electrons. The van der Waals surface area contributed by atoms with Crippen LogP contribution >= 0.6 is 0 Å². The second kappa shape index (κ2) is 51.5. The zero-order valence-electron chi connectivity index (χ0n) is 41.2. The molecule has 408 valence electrons. The molecular formula is C44H92N4O20. The van der Waals surface area contributed by atoms with Crippen LogP contribution in [0.4, 0.5) is 0 Å². The Bertz CT molecular complexity index is 1070. The fourth-order valence-electron chi connectivity index (χ4n) is 5.43. The lowest BCUT2D eigenvalue weighted by Gasteiger charge is -2.32. The monoisotopic (exact) mass is 997 g/mol. The zero-order valence-corrected chi connectivity index (χ0v) is 41.2. The van der Waals surface area contributed by atoms with Crippen LogP contribution in [0, 0.1) is 0 Å². The number of aliphatic hydroxyl groups is 8. The maximum Gasteiger partial charge on any atom is 0.150 e. The number of nitrogens with zero attached hydrogens (tertiary/aromatic N) is 2. The number of hydrogen-bond acceptors (Lipinski definition) is 24. The molecule has 0 spiro atoms. The predicted molar refractivity (Wildman–Crippen MR) is 249 cm³/mol. The van der Waals surface area contributed by atoms with Crippen LogP contribution < -0.4 is 11.6 Å². The minimum Gasteiger partial charge on any atom is -0.399 e. The SMILES string of the molecule is CCCOCCOCCOCCOCCOC/C(N)=C/N(N)CC(C)=O.CCCOCCOCCOCCOCCOCCOCCN(CC(O)C(O)C(O)CCO)CC(O)C(O)C(O)CCO. The van der Waals surface area contributed by atoms with Crippen LogP contribution in [-0.4, -0.2) is 278 Å². The predicted octanol–water partition coefficient (Wildman–Crippen LogP) is -3.23. The van der Waals surface area contributed by atoms with Gasteiger partial charge in [-0.3, -0.25) is 9.69 Å². The van der Waals surface area contributed by atoms with E-state index in [4.69, 9.17) is 73.9 Å². The number of ether oxygens (including phenoxy) is 11. The standard InChI is InChI=1S/C27H57NO14.C17H35N3O6/c1-2-8-37-10-12-39-14-16-41-18-19-42-17-15-40-13-11-38-9-5-28(20-24(33)26(35)22(31)3-6-29)21-25(34)27(36)23(32)4-7-30;1-3-4-22-5-6-23-7-8-24-9-10-25-11-12-26-15-17(18)14-20(19)13-16(2)21/h22-27,29-36H,2-21H2,1H3;14H,3-13,15,18-19H2,1-2H3/b;17-14-. The molecule has 24 nitrogen and oxygen atoms in total. The molecular weight excluding hydrogens is 904 g/mol. The highest BCUT2D eigenvalue weighted by molar-refractivity contribution is 5.77. The minimum absolute atomic E-state index is 0.0411. The summed E-state index contributed by atoms with van der Waals surface area (Å²) < 4.78 is 59.3. The van der Waals surface area contributed by atoms with Gasteiger partial charge in [-0.1, -0.05) is 13.8 Å². The number of hydrogen-bond donors (Lipinski definition) is 10. The first-order chi connectivity index (χ1) is 32.8. The van der Waals surface area contributed by atoms with Gasteiger partial charge in [0.25, 0.3) is 0 Å². The third-order valence-corrected chi connectivity index (χ3v) is 8.92. The number of ketones is 1. The van der Waals surface area contributed by atoms with Crippen molar-refractivity contribution in [3.63, 3.8) is 0 Å². The molecule has 0 aromatic heterocycles. The molecule has 0 saturated carbocycles. The van der Waals surface area contributed by atoms with Crippen molar-refractivity contribution in [2.24, 2.45) is 11.6 Å². The normalized spacial score (nSPS) is 14.6. The Balaban J connectivity index is 0. The summed E-state index contributed by atoms with van der Waals surface area (Å²) in [5.74, 6) is 5.54. The Hall–Kier alpha value is -1.83. The largest absolute Gasteiger partial charge is 0.399 e. The van der Waals surface area contributed by atoms with E-state index in [0.717, 1.165) is 26.1 Å². The van der Waals surface area contributed by atoms with Crippen molar-refractivity contribution in [3.05, 3.63) is 11.9 Å². The highest BCUT2D eigenvalue weighted by Gasteiger charge is 2.30. The van der Waals surface area contributed by atoms with Gasteiger partial charge < -0.3 is 104 Å². The van der Waals surface area contributed by atoms with Crippen LogP contribution in [0.25, 0.3) is 0 Å². The summed E-state index contributed by atoms with van der Waals surface area (Å²) in [5.41, 5.74) is 6.17. The van der Waals surface area contributed by atoms with Crippen LogP contribution in [0.1, 0.15) is 46.5 Å². The van der Waals surface area contributed by atoms with Crippen LogP contribution in [0.5, 0.6) is 0 Å². The van der Waals surface area contributed by atoms with E-state index in [1.165, 1.54) is 23.0 Å². The van der Waals surface area contributed by atoms with E-state index in [0.29, 0.717) is 118 Å². The number of aliphatic hydroxyl groups excluding tert-OH is 8. The van der Waals surface area contributed by atoms with Crippen molar-refractivity contribution in [1.29, 1.82) is 0 Å². The lowest BCUT2D eigenvalue weighted by atomic mass is 10.0. The summed E-state index contributed by atoms with van der Waals surface area (Å²) in [5, 5.41) is 79.7. The second-order valence-corrected chi connectivity index (χ2v) is 15.3. The van der Waals surface area contributed by atoms with E-state index >= 15 is 0 Å². The van der Waals surface area contributed by atoms with Crippen molar-refractivity contribution in [2.75, 3.05) is 185 Å². The lowest BCUT2D eigenvalue weighted by molar-refractivity contribution is -0.117. The highest BCUT2D eigenvalue weighted by atomic mass is 16.6. The summed E-state index contributed by atoms with van der Waals surface area (Å²) in [6, 6.07) is 0. The number of nitrogens with two attached hydrogens (primary N) is 2. The lowest BCUT2D eigenvalue weighted by Crippen LogP contribution is -2.50. The molecule has 0 aromatic rings. The molecule has 6 atom stereocenters. The van der Waals surface area contributed by atoms with Crippen LogP contribution in [0.3, 0.4) is 0 Å². The summed E-state index contributed by atoms with van der Waals surface area (Å²) in [7, 11) is 0. The number of hydrazine groups is 1. The van der Waals surface area contributed by atoms with E-state index in [1.807, 2.05) is 0 Å². The third kappa shape index (κ3) is 46.5. The van der Waals surface area contributed by atoms with E-state index in [1.54, 1.807) is 0 Å². The molecule has 0 amide bonds. The van der Waals surface area contributed by atoms with E-state index in [-0.39, 0.29) is 77.8 Å². The molecule has 0 aromatic carbocycles. The molecule has 0 bridgehead atoms. The molecule has 12 N–H and O–H groups in total. The highest BCUT2D eigenvalue weighted by Crippen LogP contribution is 2.10. The summed E-state index contributed by atoms with van der Waals surface area (Å²) >= 11 is 0. The average molecular weight is 997 g/mol. The number of carbonyl (C=O) groups excluding carboxylic acids is 1. The van der Waals surface area contributed by atoms with Crippen molar-refractivity contribution in [2.45, 2.75) is 83.1 Å². The maximum absolute atomic E-state index is 10.9. The topological polar surface area (TPSA) is 339 Å². The van der Waals surface area contributed by atoms with Gasteiger partial charge in [-0.25, -0.2) is 5.84 Å². The fraction of sp³-hybridized carbons (Fsp3) is 0.932. The summed E-state index contributed by atoms with van der Waals surface area (Å²) in [6.45, 7) is 15.2. The van der Waals surface area contributed by atoms with E-state index in [2.05, 4.69) is 13.8 Å². The minimum atomic E-state index is -1.54. The number of Topliss-reactive ketones (excluding diaryl/α,β-unsaturated/α-hetero) is 1. The van der Waals surface area contributed by atoms with Gasteiger partial charge in [-0.05, 0) is 32.6 Å². The van der Waals surface area contributed by atoms with Gasteiger partial charge in [-0.15, -0.1) is 0 Å². The Kier molecular flexibility index (Phi) is 51.7. The average Bonchev–Trinajstić information content (AvgIpc) is 3.30. The molecule has 0 rings (SSSR count). The Morgan fingerprint density at radius 3 is 1.07 bits per heavy atom. The van der Waals surface area contributed by atoms with Gasteiger partial charge in [-0.2, -0.15) is 0 Å². The van der Waals surface area contributed by atoms with Crippen molar-refractivity contribution < 1.29 is 97.8 Å². The van der Waals surface area contributed by atoms with Crippen LogP contribution in [0.15, 0.2) is 11.9 Å². The molecule has 24 heteroatoms. The van der Waals surface area contributed by atoms with E-state index in [9.17, 15) is 35.4 Å². The van der Waals surface area contributed by atoms with Gasteiger partial charge in [0.05, 0.1) is 169 Å². The zero-order chi connectivity index (χ0) is 50.9. The molecule has 0 aliphatic carbocycles. The van der Waals surface area contributed by atoms with Gasteiger partial charge in [0.2, 0.25) is 0 Å². The van der Waals surface area contributed by atoms with Gasteiger partial charge in [0, 0.05) is 52.3 Å². The molecule has 0 aliphatic rings. The molecule has 0 fully saturated rings. The molecule has 0 saturated heterocycles. The molecule has 0 aliphatic heterocycles. The van der Waals surface area contributed by atoms with E-state index < -0.39 is 36.6 Å². The van der Waals surface area contributed by atoms with Gasteiger partial charge >= 0.3 is 0 Å². The number of carbonyl (C=O) groups is 1. The fourth-order valence-corrected chi connectivity index (χ4v) is 5.43. The third-order valence-electron chi connectivity index (χ3n) is 8.92. The van der Waals surface area contributed by atoms with Crippen LogP contribution in [-0.2, 0) is 56.9 Å². The Morgan fingerprint density at radius 2 is 0.779 bits per heavy atom. The summed E-state index contributed by atoms with van der Waals surface area (Å²) in [6.07, 6.45) is -5.38. The van der Waals surface area contributed by atoms with Crippen molar-refractivity contribution >= 4 is 5.78 Å².